The van der Waals surface area contributed by atoms with Gasteiger partial charge in [-0.25, -0.2) is 0 Å². The summed E-state index contributed by atoms with van der Waals surface area (Å²) in [5.74, 6) is 0. The first kappa shape index (κ1) is 30.3. The second-order valence-electron chi connectivity index (χ2n) is 13.7. The van der Waals surface area contributed by atoms with Crippen molar-refractivity contribution in [1.29, 1.82) is 0 Å². The molecule has 8 aromatic carbocycles. The Bertz CT molecular complexity index is 3160. The number of aryl methyl sites for hydroxylation is 1. The summed E-state index contributed by atoms with van der Waals surface area (Å²) in [6.45, 7) is 3.67. The fourth-order valence-electron chi connectivity index (χ4n) is 8.67. The highest BCUT2D eigenvalue weighted by Crippen LogP contribution is 2.43. The topological polar surface area (TPSA) is 33.7 Å². The molecule has 3 aromatic heterocycles. The van der Waals surface area contributed by atoms with E-state index in [9.17, 15) is 0 Å². The molecule has 0 aliphatic rings. The number of aliphatic imine (C=N–C) groups is 1. The summed E-state index contributed by atoms with van der Waals surface area (Å²) in [6.07, 6.45) is 0. The Hall–Kier alpha value is -6.49. The second-order valence-corrected chi connectivity index (χ2v) is 13.7. The minimum atomic E-state index is 0.108. The van der Waals surface area contributed by atoms with E-state index in [1.165, 1.54) is 87.0 Å². The summed E-state index contributed by atoms with van der Waals surface area (Å²) < 4.78 is 4.79. The van der Waals surface area contributed by atoms with E-state index in [1.54, 1.807) is 0 Å². The number of aromatic nitrogens is 2. The Morgan fingerprint density at radius 2 is 1.19 bits per heavy atom. The van der Waals surface area contributed by atoms with Crippen LogP contribution in [0.25, 0.3) is 81.4 Å². The Balaban J connectivity index is 0.000000141. The second kappa shape index (κ2) is 11.8. The van der Waals surface area contributed by atoms with Gasteiger partial charge in [0.2, 0.25) is 0 Å². The number of nitrogens with one attached hydrogen (secondary N) is 1. The fraction of sp³-hybridized carbons (Fsp3) is 0.0625. The van der Waals surface area contributed by atoms with E-state index < -0.39 is 0 Å². The number of fused-ring (bicyclic) bond motifs is 12. The van der Waals surface area contributed by atoms with Crippen LogP contribution in [0.3, 0.4) is 0 Å². The lowest BCUT2D eigenvalue weighted by atomic mass is 9.95. The van der Waals surface area contributed by atoms with Crippen LogP contribution < -0.4 is 5.32 Å². The van der Waals surface area contributed by atoms with Crippen LogP contribution in [0.15, 0.2) is 163 Å². The summed E-state index contributed by atoms with van der Waals surface area (Å²) in [4.78, 5) is 4.14. The smallest absolute Gasteiger partial charge is 0.0673 e. The van der Waals surface area contributed by atoms with Crippen LogP contribution >= 0.6 is 0 Å². The molecule has 0 spiro atoms. The van der Waals surface area contributed by atoms with Crippen molar-refractivity contribution in [3.05, 3.63) is 169 Å². The Morgan fingerprint density at radius 1 is 0.519 bits per heavy atom. The Kier molecular flexibility index (Phi) is 6.88. The SMILES string of the molecule is C=Nc1ccccc1C(NC)c1ccc2ccccc2c1.Cn1c2ccccc2c2cc3ccc4c(c3cc21)c1cccc2c3ccccc3n4c21. The molecular formula is C48H36N4. The molecule has 11 aromatic rings. The van der Waals surface area contributed by atoms with Crippen molar-refractivity contribution in [1.82, 2.24) is 14.3 Å². The van der Waals surface area contributed by atoms with Crippen LogP contribution in [0.4, 0.5) is 5.69 Å². The minimum absolute atomic E-state index is 0.108. The first-order chi connectivity index (χ1) is 25.6. The van der Waals surface area contributed by atoms with Crippen molar-refractivity contribution in [3.8, 4) is 0 Å². The van der Waals surface area contributed by atoms with Gasteiger partial charge in [0.25, 0.3) is 0 Å². The van der Waals surface area contributed by atoms with E-state index in [1.807, 2.05) is 25.2 Å². The van der Waals surface area contributed by atoms with E-state index in [4.69, 9.17) is 0 Å². The van der Waals surface area contributed by atoms with Crippen LogP contribution in [0.1, 0.15) is 17.2 Å². The van der Waals surface area contributed by atoms with Gasteiger partial charge in [0, 0.05) is 50.4 Å². The standard InChI is InChI=1S/C29H18N2.C19H18N2/c1-30-24-11-4-2-8-19(24)23-15-17-13-14-26-28(22(17)16-27(23)30)21-10-6-9-20-18-7-3-5-12-25(18)31(26)29(20)21;1-20-18-10-6-5-9-17(18)19(21-2)16-12-11-14-7-3-4-8-15(14)13-16/h2-16H,1H3;3-13,19,21H,1H2,2H3. The number of benzene rings is 8. The van der Waals surface area contributed by atoms with Crippen molar-refractivity contribution in [2.45, 2.75) is 6.04 Å². The molecule has 0 saturated carbocycles. The lowest BCUT2D eigenvalue weighted by Crippen LogP contribution is -2.17. The summed E-state index contributed by atoms with van der Waals surface area (Å²) in [5, 5.41) is 16.5. The van der Waals surface area contributed by atoms with Gasteiger partial charge >= 0.3 is 0 Å². The minimum Gasteiger partial charge on any atom is -0.344 e. The van der Waals surface area contributed by atoms with Crippen LogP contribution in [0.2, 0.25) is 0 Å². The van der Waals surface area contributed by atoms with Gasteiger partial charge in [-0.3, -0.25) is 4.99 Å². The largest absolute Gasteiger partial charge is 0.344 e. The van der Waals surface area contributed by atoms with Crippen LogP contribution in [-0.2, 0) is 7.05 Å². The molecule has 4 nitrogen and oxygen atoms in total. The summed E-state index contributed by atoms with van der Waals surface area (Å²) >= 11 is 0. The maximum atomic E-state index is 4.14. The van der Waals surface area contributed by atoms with Gasteiger partial charge in [0.15, 0.2) is 0 Å². The lowest BCUT2D eigenvalue weighted by molar-refractivity contribution is 0.693. The highest BCUT2D eigenvalue weighted by Gasteiger charge is 2.20. The van der Waals surface area contributed by atoms with Gasteiger partial charge in [-0.05, 0) is 88.9 Å². The van der Waals surface area contributed by atoms with E-state index in [0.29, 0.717) is 0 Å². The number of rotatable bonds is 4. The highest BCUT2D eigenvalue weighted by atomic mass is 14.9. The number of para-hydroxylation sites is 4. The normalized spacial score (nSPS) is 12.5. The molecule has 0 radical (unpaired) electrons. The molecule has 1 unspecified atom stereocenters. The third-order valence-electron chi connectivity index (χ3n) is 11.0. The highest BCUT2D eigenvalue weighted by molar-refractivity contribution is 6.30. The molecule has 1 atom stereocenters. The third-order valence-corrected chi connectivity index (χ3v) is 11.0. The van der Waals surface area contributed by atoms with Crippen LogP contribution in [0, 0.1) is 0 Å². The predicted molar refractivity (Wildman–Crippen MR) is 223 cm³/mol. The zero-order valence-electron chi connectivity index (χ0n) is 29.1. The number of hydrogen-bond acceptors (Lipinski definition) is 2. The fourth-order valence-corrected chi connectivity index (χ4v) is 8.67. The van der Waals surface area contributed by atoms with E-state index >= 15 is 0 Å². The van der Waals surface area contributed by atoms with Gasteiger partial charge in [0.1, 0.15) is 0 Å². The maximum absolute atomic E-state index is 4.14. The van der Waals surface area contributed by atoms with E-state index in [0.717, 1.165) is 11.3 Å². The molecule has 0 fully saturated rings. The molecule has 0 aliphatic carbocycles. The first-order valence-electron chi connectivity index (χ1n) is 17.8. The van der Waals surface area contributed by atoms with E-state index in [-0.39, 0.29) is 6.04 Å². The molecule has 248 valence electrons. The van der Waals surface area contributed by atoms with Crippen LogP contribution in [-0.4, -0.2) is 22.7 Å². The Labute approximate surface area is 301 Å². The van der Waals surface area contributed by atoms with Gasteiger partial charge in [-0.1, -0.05) is 115 Å². The van der Waals surface area contributed by atoms with Crippen molar-refractivity contribution in [2.75, 3.05) is 7.05 Å². The maximum Gasteiger partial charge on any atom is 0.0673 e. The molecule has 3 heterocycles. The quantitative estimate of drug-likeness (QED) is 0.186. The molecule has 52 heavy (non-hydrogen) atoms. The molecule has 0 saturated heterocycles. The molecule has 4 heteroatoms. The number of nitrogens with zero attached hydrogens (tertiary/aromatic N) is 3. The predicted octanol–water partition coefficient (Wildman–Crippen LogP) is 12.1. The van der Waals surface area contributed by atoms with Gasteiger partial charge in [0.05, 0.1) is 28.3 Å². The Morgan fingerprint density at radius 3 is 2.02 bits per heavy atom. The van der Waals surface area contributed by atoms with Gasteiger partial charge in [-0.15, -0.1) is 0 Å². The number of hydrogen-bond donors (Lipinski definition) is 1. The van der Waals surface area contributed by atoms with Gasteiger partial charge in [-0.2, -0.15) is 0 Å². The van der Waals surface area contributed by atoms with Crippen molar-refractivity contribution < 1.29 is 0 Å². The molecular weight excluding hydrogens is 633 g/mol. The van der Waals surface area contributed by atoms with Crippen LogP contribution in [0.5, 0.6) is 0 Å². The molecule has 0 aliphatic heterocycles. The van der Waals surface area contributed by atoms with Crippen molar-refractivity contribution >= 4 is 93.9 Å². The molecule has 0 amide bonds. The summed E-state index contributed by atoms with van der Waals surface area (Å²) in [6, 6.07) is 56.8. The molecule has 1 N–H and O–H groups in total. The zero-order valence-corrected chi connectivity index (χ0v) is 29.1. The summed E-state index contributed by atoms with van der Waals surface area (Å²) in [7, 11) is 4.15. The van der Waals surface area contributed by atoms with Crippen molar-refractivity contribution in [3.63, 3.8) is 0 Å². The average Bonchev–Trinajstić information content (AvgIpc) is 3.83. The first-order valence-corrected chi connectivity index (χ1v) is 17.8. The molecule has 0 bridgehead atoms. The van der Waals surface area contributed by atoms with Gasteiger partial charge < -0.3 is 14.3 Å². The third kappa shape index (κ3) is 4.41. The lowest BCUT2D eigenvalue weighted by Gasteiger charge is -2.19. The zero-order chi connectivity index (χ0) is 34.9. The molecule has 11 rings (SSSR count). The van der Waals surface area contributed by atoms with Crippen molar-refractivity contribution in [2.24, 2.45) is 12.0 Å². The average molecular weight is 669 g/mol. The summed E-state index contributed by atoms with van der Waals surface area (Å²) in [5.41, 5.74) is 9.78. The van der Waals surface area contributed by atoms with E-state index in [2.05, 4.69) is 173 Å². The monoisotopic (exact) mass is 668 g/mol.